The van der Waals surface area contributed by atoms with E-state index in [1.807, 2.05) is 32.0 Å². The lowest BCUT2D eigenvalue weighted by Gasteiger charge is -2.17. The van der Waals surface area contributed by atoms with Gasteiger partial charge in [0.25, 0.3) is 0 Å². The number of ether oxygens (including phenoxy) is 3. The van der Waals surface area contributed by atoms with Crippen molar-refractivity contribution in [3.8, 4) is 5.75 Å². The normalized spacial score (nSPS) is 11.2. The summed E-state index contributed by atoms with van der Waals surface area (Å²) < 4.78 is 17.9. The van der Waals surface area contributed by atoms with Gasteiger partial charge in [0.05, 0.1) is 11.1 Å². The first kappa shape index (κ1) is 16.3. The van der Waals surface area contributed by atoms with Crippen LogP contribution in [0, 0.1) is 0 Å². The molecule has 0 bridgehead atoms. The van der Waals surface area contributed by atoms with E-state index in [9.17, 15) is 0 Å². The Morgan fingerprint density at radius 3 is 2.43 bits per heavy atom. The first-order valence-corrected chi connectivity index (χ1v) is 8.08. The number of fused-ring (bicyclic) bond motifs is 1. The minimum Gasteiger partial charge on any atom is -0.492 e. The summed E-state index contributed by atoms with van der Waals surface area (Å²) in [5, 5.41) is 2.35. The molecular weight excluding hydrogens is 332 g/mol. The molecule has 0 aromatic heterocycles. The van der Waals surface area contributed by atoms with E-state index in [1.54, 1.807) is 0 Å². The molecule has 0 fully saturated rings. The van der Waals surface area contributed by atoms with Crippen molar-refractivity contribution >= 4 is 26.7 Å². The van der Waals surface area contributed by atoms with Crippen molar-refractivity contribution in [1.29, 1.82) is 0 Å². The van der Waals surface area contributed by atoms with Gasteiger partial charge in [-0.25, -0.2) is 0 Å². The summed E-state index contributed by atoms with van der Waals surface area (Å²) >= 11 is 3.62. The Hall–Kier alpha value is -1.10. The van der Waals surface area contributed by atoms with E-state index < -0.39 is 0 Å². The number of hydrogen-bond donors (Lipinski definition) is 0. The van der Waals surface area contributed by atoms with Crippen LogP contribution in [-0.4, -0.2) is 26.1 Å². The smallest absolute Gasteiger partial charge is 0.160 e. The molecule has 0 spiro atoms. The molecule has 3 nitrogen and oxygen atoms in total. The molecule has 0 N–H and O–H groups in total. The summed E-state index contributed by atoms with van der Waals surface area (Å²) in [6, 6.07) is 12.3. The van der Waals surface area contributed by atoms with E-state index in [2.05, 4.69) is 34.1 Å². The number of halogens is 1. The molecule has 114 valence electrons. The summed E-state index contributed by atoms with van der Waals surface area (Å²) in [7, 11) is 0. The van der Waals surface area contributed by atoms with Crippen molar-refractivity contribution in [2.24, 2.45) is 0 Å². The average Bonchev–Trinajstić information content (AvgIpc) is 2.50. The zero-order chi connectivity index (χ0) is 15.1. The number of rotatable bonds is 8. The van der Waals surface area contributed by atoms with Crippen LogP contribution in [0.15, 0.2) is 40.9 Å². The van der Waals surface area contributed by atoms with Crippen molar-refractivity contribution in [3.63, 3.8) is 0 Å². The highest BCUT2D eigenvalue weighted by Gasteiger charge is 2.10. The molecule has 0 saturated carbocycles. The van der Waals surface area contributed by atoms with Crippen molar-refractivity contribution in [2.45, 2.75) is 26.6 Å². The predicted octanol–water partition coefficient (Wildman–Crippen LogP) is 4.77. The van der Waals surface area contributed by atoms with E-state index in [-0.39, 0.29) is 6.29 Å². The molecule has 21 heavy (non-hydrogen) atoms. The summed E-state index contributed by atoms with van der Waals surface area (Å²) in [5.74, 6) is 0.848. The molecule has 0 aliphatic carbocycles. The van der Waals surface area contributed by atoms with E-state index in [1.165, 1.54) is 5.39 Å². The highest BCUT2D eigenvalue weighted by Crippen LogP contribution is 2.33. The predicted molar refractivity (Wildman–Crippen MR) is 88.8 cm³/mol. The Bertz CT molecular complexity index is 565. The van der Waals surface area contributed by atoms with E-state index >= 15 is 0 Å². The SMILES string of the molecule is CCOC(CCOc1ccc2ccccc2c1Br)OCC. The maximum atomic E-state index is 5.86. The zero-order valence-electron chi connectivity index (χ0n) is 12.5. The molecule has 0 aliphatic heterocycles. The van der Waals surface area contributed by atoms with Gasteiger partial charge in [-0.05, 0) is 46.6 Å². The minimum absolute atomic E-state index is 0.195. The largest absolute Gasteiger partial charge is 0.492 e. The minimum atomic E-state index is -0.195. The highest BCUT2D eigenvalue weighted by molar-refractivity contribution is 9.10. The Morgan fingerprint density at radius 1 is 1.00 bits per heavy atom. The van der Waals surface area contributed by atoms with Gasteiger partial charge in [-0.1, -0.05) is 30.3 Å². The van der Waals surface area contributed by atoms with Crippen LogP contribution in [-0.2, 0) is 9.47 Å². The fraction of sp³-hybridized carbons (Fsp3) is 0.412. The second-order valence-electron chi connectivity index (χ2n) is 4.58. The summed E-state index contributed by atoms with van der Waals surface area (Å²) in [4.78, 5) is 0. The second kappa shape index (κ2) is 8.37. The third-order valence-electron chi connectivity index (χ3n) is 3.14. The first-order chi connectivity index (χ1) is 10.3. The fourth-order valence-electron chi connectivity index (χ4n) is 2.18. The van der Waals surface area contributed by atoms with Crippen LogP contribution in [0.25, 0.3) is 10.8 Å². The van der Waals surface area contributed by atoms with Crippen LogP contribution in [0.4, 0.5) is 0 Å². The molecule has 4 heteroatoms. The summed E-state index contributed by atoms with van der Waals surface area (Å²) in [5.41, 5.74) is 0. The summed E-state index contributed by atoms with van der Waals surface area (Å²) in [6.45, 7) is 5.77. The van der Waals surface area contributed by atoms with E-state index in [0.29, 0.717) is 26.2 Å². The van der Waals surface area contributed by atoms with Crippen LogP contribution >= 0.6 is 15.9 Å². The molecule has 0 radical (unpaired) electrons. The summed E-state index contributed by atoms with van der Waals surface area (Å²) in [6.07, 6.45) is 0.514. The average molecular weight is 353 g/mol. The molecule has 0 amide bonds. The quantitative estimate of drug-likeness (QED) is 0.640. The maximum Gasteiger partial charge on any atom is 0.160 e. The van der Waals surface area contributed by atoms with Gasteiger partial charge in [0, 0.05) is 19.6 Å². The molecule has 0 saturated heterocycles. The van der Waals surface area contributed by atoms with Crippen molar-refractivity contribution in [2.75, 3.05) is 19.8 Å². The topological polar surface area (TPSA) is 27.7 Å². The van der Waals surface area contributed by atoms with Gasteiger partial charge in [-0.15, -0.1) is 0 Å². The van der Waals surface area contributed by atoms with Gasteiger partial charge < -0.3 is 14.2 Å². The lowest BCUT2D eigenvalue weighted by atomic mass is 10.1. The molecule has 0 atom stereocenters. The molecule has 0 aliphatic rings. The van der Waals surface area contributed by atoms with Crippen molar-refractivity contribution in [1.82, 2.24) is 0 Å². The van der Waals surface area contributed by atoms with Crippen LogP contribution in [0.3, 0.4) is 0 Å². The highest BCUT2D eigenvalue weighted by atomic mass is 79.9. The maximum absolute atomic E-state index is 5.86. The zero-order valence-corrected chi connectivity index (χ0v) is 14.1. The van der Waals surface area contributed by atoms with Gasteiger partial charge in [-0.3, -0.25) is 0 Å². The van der Waals surface area contributed by atoms with Gasteiger partial charge in [0.2, 0.25) is 0 Å². The molecule has 0 unspecified atom stereocenters. The van der Waals surface area contributed by atoms with Crippen molar-refractivity contribution < 1.29 is 14.2 Å². The van der Waals surface area contributed by atoms with Gasteiger partial charge >= 0.3 is 0 Å². The van der Waals surface area contributed by atoms with E-state index in [4.69, 9.17) is 14.2 Å². The van der Waals surface area contributed by atoms with Crippen LogP contribution in [0.5, 0.6) is 5.75 Å². The molecule has 2 aromatic carbocycles. The second-order valence-corrected chi connectivity index (χ2v) is 5.37. The van der Waals surface area contributed by atoms with Crippen LogP contribution in [0.1, 0.15) is 20.3 Å². The Kier molecular flexibility index (Phi) is 6.49. The lowest BCUT2D eigenvalue weighted by Crippen LogP contribution is -2.20. The first-order valence-electron chi connectivity index (χ1n) is 7.29. The Morgan fingerprint density at radius 2 is 1.71 bits per heavy atom. The van der Waals surface area contributed by atoms with Gasteiger partial charge in [0.1, 0.15) is 5.75 Å². The van der Waals surface area contributed by atoms with Crippen LogP contribution < -0.4 is 4.74 Å². The Balaban J connectivity index is 1.98. The van der Waals surface area contributed by atoms with E-state index in [0.717, 1.165) is 15.6 Å². The third kappa shape index (κ3) is 4.43. The van der Waals surface area contributed by atoms with Gasteiger partial charge in [-0.2, -0.15) is 0 Å². The number of hydrogen-bond acceptors (Lipinski definition) is 3. The van der Waals surface area contributed by atoms with Crippen LogP contribution in [0.2, 0.25) is 0 Å². The molecular formula is C17H21BrO3. The lowest BCUT2D eigenvalue weighted by molar-refractivity contribution is -0.142. The molecule has 2 aromatic rings. The molecule has 0 heterocycles. The monoisotopic (exact) mass is 352 g/mol. The van der Waals surface area contributed by atoms with Gasteiger partial charge in [0.15, 0.2) is 6.29 Å². The third-order valence-corrected chi connectivity index (χ3v) is 3.96. The Labute approximate surface area is 134 Å². The number of benzene rings is 2. The van der Waals surface area contributed by atoms with Crippen molar-refractivity contribution in [3.05, 3.63) is 40.9 Å². The fourth-order valence-corrected chi connectivity index (χ4v) is 2.78. The molecule has 2 rings (SSSR count). The standard InChI is InChI=1S/C17H21BrO3/c1-3-19-16(20-4-2)11-12-21-15-10-9-13-7-5-6-8-14(13)17(15)18/h5-10,16H,3-4,11-12H2,1-2H3.